The van der Waals surface area contributed by atoms with E-state index < -0.39 is 25.0 Å². The van der Waals surface area contributed by atoms with Crippen molar-refractivity contribution < 1.29 is 23.9 Å². The molecule has 7 heteroatoms. The highest BCUT2D eigenvalue weighted by Crippen LogP contribution is 2.34. The van der Waals surface area contributed by atoms with Crippen LogP contribution >= 0.6 is 0 Å². The number of likely N-dealkylation sites (tertiary alicyclic amines) is 1. The van der Waals surface area contributed by atoms with E-state index >= 15 is 0 Å². The monoisotopic (exact) mass is 398 g/mol. The van der Waals surface area contributed by atoms with Gasteiger partial charge in [-0.15, -0.1) is 0 Å². The maximum atomic E-state index is 12.4. The van der Waals surface area contributed by atoms with Gasteiger partial charge in [0.25, 0.3) is 5.91 Å². The van der Waals surface area contributed by atoms with Crippen molar-refractivity contribution in [1.82, 2.24) is 4.90 Å². The zero-order valence-electron chi connectivity index (χ0n) is 16.9. The minimum atomic E-state index is -0.776. The standard InChI is InChI=1S/C22H26N2O5/c1-13(2)15-10-6-7-14(3)20(15)23-18(25)12-29-19(26)11-24-21(27)16-8-4-5-9-17(16)22(24)28/h4-7,10,13,16-17H,8-9,11-12H2,1-3H3,(H,23,25)/t16-,17-/m0/s1. The van der Waals surface area contributed by atoms with Crippen LogP contribution in [0.5, 0.6) is 0 Å². The number of fused-ring (bicyclic) bond motifs is 1. The van der Waals surface area contributed by atoms with Crippen LogP contribution in [0, 0.1) is 18.8 Å². The molecule has 2 atom stereocenters. The molecule has 3 rings (SSSR count). The average molecular weight is 398 g/mol. The van der Waals surface area contributed by atoms with Gasteiger partial charge in [-0.3, -0.25) is 24.1 Å². The van der Waals surface area contributed by atoms with Gasteiger partial charge in [0.05, 0.1) is 11.8 Å². The lowest BCUT2D eigenvalue weighted by Gasteiger charge is -2.17. The Balaban J connectivity index is 1.55. The number of rotatable bonds is 6. The Morgan fingerprint density at radius 2 is 1.76 bits per heavy atom. The van der Waals surface area contributed by atoms with Crippen molar-refractivity contribution in [2.24, 2.45) is 11.8 Å². The molecular weight excluding hydrogens is 372 g/mol. The summed E-state index contributed by atoms with van der Waals surface area (Å²) in [7, 11) is 0. The van der Waals surface area contributed by atoms with E-state index in [0.717, 1.165) is 16.0 Å². The molecule has 1 fully saturated rings. The van der Waals surface area contributed by atoms with Crippen LogP contribution in [0.25, 0.3) is 0 Å². The van der Waals surface area contributed by atoms with E-state index in [0.29, 0.717) is 18.5 Å². The van der Waals surface area contributed by atoms with Crippen molar-refractivity contribution in [2.45, 2.75) is 39.5 Å². The van der Waals surface area contributed by atoms with Gasteiger partial charge in [0.15, 0.2) is 6.61 Å². The number of nitrogens with one attached hydrogen (secondary N) is 1. The second-order valence-corrected chi connectivity index (χ2v) is 7.82. The zero-order chi connectivity index (χ0) is 21.1. The predicted molar refractivity (Wildman–Crippen MR) is 107 cm³/mol. The summed E-state index contributed by atoms with van der Waals surface area (Å²) in [5.74, 6) is -2.48. The fraction of sp³-hybridized carbons (Fsp3) is 0.455. The molecule has 1 aromatic rings. The summed E-state index contributed by atoms with van der Waals surface area (Å²) in [6.07, 6.45) is 4.79. The predicted octanol–water partition coefficient (Wildman–Crippen LogP) is 2.55. The summed E-state index contributed by atoms with van der Waals surface area (Å²) < 4.78 is 5.02. The quantitative estimate of drug-likeness (QED) is 0.452. The lowest BCUT2D eigenvalue weighted by Crippen LogP contribution is -2.37. The van der Waals surface area contributed by atoms with E-state index in [9.17, 15) is 19.2 Å². The van der Waals surface area contributed by atoms with Crippen molar-refractivity contribution in [3.63, 3.8) is 0 Å². The first-order chi connectivity index (χ1) is 13.8. The van der Waals surface area contributed by atoms with Crippen LogP contribution in [0.15, 0.2) is 30.4 Å². The molecule has 0 bridgehead atoms. The fourth-order valence-electron chi connectivity index (χ4n) is 3.86. The van der Waals surface area contributed by atoms with Gasteiger partial charge >= 0.3 is 5.97 Å². The first-order valence-electron chi connectivity index (χ1n) is 9.84. The Bertz CT molecular complexity index is 848. The molecular formula is C22H26N2O5. The van der Waals surface area contributed by atoms with Crippen molar-refractivity contribution in [1.29, 1.82) is 0 Å². The van der Waals surface area contributed by atoms with Gasteiger partial charge in [0.1, 0.15) is 6.54 Å². The van der Waals surface area contributed by atoms with E-state index in [1.54, 1.807) is 0 Å². The van der Waals surface area contributed by atoms with Crippen molar-refractivity contribution >= 4 is 29.4 Å². The number of amides is 3. The number of allylic oxidation sites excluding steroid dienone is 2. The zero-order valence-corrected chi connectivity index (χ0v) is 16.9. The minimum Gasteiger partial charge on any atom is -0.454 e. The summed E-state index contributed by atoms with van der Waals surface area (Å²) in [6.45, 7) is 5.02. The number of aryl methyl sites for hydroxylation is 1. The Morgan fingerprint density at radius 3 is 2.34 bits per heavy atom. The number of carbonyl (C=O) groups excluding carboxylic acids is 4. The van der Waals surface area contributed by atoms with E-state index in [2.05, 4.69) is 5.32 Å². The van der Waals surface area contributed by atoms with Crippen LogP contribution in [0.2, 0.25) is 0 Å². The number of benzene rings is 1. The Hall–Kier alpha value is -2.96. The molecule has 1 aromatic carbocycles. The maximum Gasteiger partial charge on any atom is 0.326 e. The topological polar surface area (TPSA) is 92.8 Å². The normalized spacial score (nSPS) is 20.8. The van der Waals surface area contributed by atoms with Gasteiger partial charge in [-0.05, 0) is 36.8 Å². The van der Waals surface area contributed by atoms with Gasteiger partial charge < -0.3 is 10.1 Å². The van der Waals surface area contributed by atoms with Crippen molar-refractivity contribution in [3.05, 3.63) is 41.5 Å². The SMILES string of the molecule is Cc1cccc(C(C)C)c1NC(=O)COC(=O)CN1C(=O)[C@H]2CC=CC[C@@H]2C1=O. The van der Waals surface area contributed by atoms with E-state index in [-0.39, 0.29) is 29.6 Å². The Kier molecular flexibility index (Phi) is 6.15. The highest BCUT2D eigenvalue weighted by Gasteiger charge is 2.47. The summed E-state index contributed by atoms with van der Waals surface area (Å²) in [4.78, 5) is 50.1. The van der Waals surface area contributed by atoms with Gasteiger partial charge in [0.2, 0.25) is 11.8 Å². The molecule has 1 saturated heterocycles. The second-order valence-electron chi connectivity index (χ2n) is 7.82. The van der Waals surface area contributed by atoms with E-state index in [4.69, 9.17) is 4.74 Å². The third-order valence-electron chi connectivity index (χ3n) is 5.44. The Labute approximate surface area is 170 Å². The molecule has 0 saturated carbocycles. The lowest BCUT2D eigenvalue weighted by molar-refractivity contribution is -0.154. The molecule has 2 aliphatic rings. The summed E-state index contributed by atoms with van der Waals surface area (Å²) >= 11 is 0. The van der Waals surface area contributed by atoms with E-state index in [1.165, 1.54) is 0 Å². The molecule has 0 aromatic heterocycles. The molecule has 0 unspecified atom stereocenters. The van der Waals surface area contributed by atoms with Gasteiger partial charge in [-0.1, -0.05) is 44.2 Å². The van der Waals surface area contributed by atoms with Crippen molar-refractivity contribution in [2.75, 3.05) is 18.5 Å². The Morgan fingerprint density at radius 1 is 1.14 bits per heavy atom. The van der Waals surface area contributed by atoms with Crippen molar-refractivity contribution in [3.8, 4) is 0 Å². The third kappa shape index (κ3) is 4.39. The molecule has 7 nitrogen and oxygen atoms in total. The number of hydrogen-bond acceptors (Lipinski definition) is 5. The van der Waals surface area contributed by atoms with E-state index in [1.807, 2.05) is 51.1 Å². The largest absolute Gasteiger partial charge is 0.454 e. The average Bonchev–Trinajstić information content (AvgIpc) is 2.93. The summed E-state index contributed by atoms with van der Waals surface area (Å²) in [6, 6.07) is 5.77. The highest BCUT2D eigenvalue weighted by molar-refractivity contribution is 6.07. The number of nitrogens with zero attached hydrogens (tertiary/aromatic N) is 1. The molecule has 3 amide bonds. The fourth-order valence-corrected chi connectivity index (χ4v) is 3.86. The number of imide groups is 1. The van der Waals surface area contributed by atoms with Crippen LogP contribution in [-0.4, -0.2) is 41.7 Å². The number of hydrogen-bond donors (Lipinski definition) is 1. The number of esters is 1. The first kappa shape index (κ1) is 20.8. The summed E-state index contributed by atoms with van der Waals surface area (Å²) in [5, 5.41) is 2.80. The second kappa shape index (κ2) is 8.59. The van der Waals surface area contributed by atoms with Gasteiger partial charge in [-0.25, -0.2) is 0 Å². The third-order valence-corrected chi connectivity index (χ3v) is 5.44. The number of anilines is 1. The molecule has 154 valence electrons. The molecule has 1 aliphatic heterocycles. The molecule has 29 heavy (non-hydrogen) atoms. The van der Waals surface area contributed by atoms with Gasteiger partial charge in [0, 0.05) is 5.69 Å². The first-order valence-corrected chi connectivity index (χ1v) is 9.84. The van der Waals surface area contributed by atoms with Crippen LogP contribution < -0.4 is 5.32 Å². The smallest absolute Gasteiger partial charge is 0.326 e. The van der Waals surface area contributed by atoms with Crippen LogP contribution in [0.3, 0.4) is 0 Å². The number of carbonyl (C=O) groups is 4. The number of para-hydroxylation sites is 1. The lowest BCUT2D eigenvalue weighted by atomic mass is 9.85. The van der Waals surface area contributed by atoms with Gasteiger partial charge in [-0.2, -0.15) is 0 Å². The molecule has 0 spiro atoms. The highest BCUT2D eigenvalue weighted by atomic mass is 16.5. The molecule has 1 N–H and O–H groups in total. The molecule has 1 heterocycles. The molecule has 1 aliphatic carbocycles. The number of ether oxygens (including phenoxy) is 1. The maximum absolute atomic E-state index is 12.4. The summed E-state index contributed by atoms with van der Waals surface area (Å²) in [5.41, 5.74) is 2.62. The van der Waals surface area contributed by atoms with Crippen LogP contribution in [0.4, 0.5) is 5.69 Å². The van der Waals surface area contributed by atoms with Crippen LogP contribution in [-0.2, 0) is 23.9 Å². The molecule has 0 radical (unpaired) electrons. The minimum absolute atomic E-state index is 0.220. The van der Waals surface area contributed by atoms with Crippen LogP contribution in [0.1, 0.15) is 43.7 Å².